The molecule has 0 radical (unpaired) electrons. The molecule has 0 aromatic heterocycles. The number of halogens is 1. The number of aliphatic hydroxyl groups is 1. The average molecular weight is 459 g/mol. The molecule has 1 unspecified atom stereocenters. The normalized spacial score (nSPS) is 17.2. The predicted octanol–water partition coefficient (Wildman–Crippen LogP) is 3.62. The van der Waals surface area contributed by atoms with E-state index in [4.69, 9.17) is 16.3 Å². The number of Topliss-reactive ketones (excluding diaryl/α,β-unsaturated/α-hetero) is 1. The lowest BCUT2D eigenvalue weighted by molar-refractivity contribution is -0.119. The molecule has 2 amide bonds. The zero-order valence-electron chi connectivity index (χ0n) is 17.7. The lowest BCUT2D eigenvalue weighted by Crippen LogP contribution is -2.44. The van der Waals surface area contributed by atoms with Gasteiger partial charge in [0.2, 0.25) is 5.78 Å². The van der Waals surface area contributed by atoms with Gasteiger partial charge in [-0.15, -0.1) is 0 Å². The molecule has 0 saturated carbocycles. The first-order chi connectivity index (χ1) is 13.6. The second-order valence-corrected chi connectivity index (χ2v) is 10.5. The number of sulfonamides is 1. The van der Waals surface area contributed by atoms with Gasteiger partial charge in [0.15, 0.2) is 0 Å². The molecular weight excluding hydrogens is 432 g/mol. The number of hydrogen-bond acceptors (Lipinski definition) is 6. The van der Waals surface area contributed by atoms with Gasteiger partial charge in [0, 0.05) is 10.7 Å². The highest BCUT2D eigenvalue weighted by molar-refractivity contribution is 7.91. The molecule has 0 aliphatic carbocycles. The minimum Gasteiger partial charge on any atom is -0.471 e. The molecule has 30 heavy (non-hydrogen) atoms. The summed E-state index contributed by atoms with van der Waals surface area (Å²) >= 11 is 6.20. The molecule has 10 heteroatoms. The number of carbonyl (C=O) groups excluding carboxylic acids is 2. The van der Waals surface area contributed by atoms with Gasteiger partial charge in [-0.1, -0.05) is 39.3 Å². The maximum Gasteiger partial charge on any atom is 0.332 e. The number of urea groups is 1. The molecule has 0 bridgehead atoms. The van der Waals surface area contributed by atoms with Crippen LogP contribution in [0.4, 0.5) is 10.5 Å². The Morgan fingerprint density at radius 2 is 1.67 bits per heavy atom. The summed E-state index contributed by atoms with van der Waals surface area (Å²) in [7, 11) is -4.52. The van der Waals surface area contributed by atoms with Crippen LogP contribution in [-0.4, -0.2) is 36.4 Å². The van der Waals surface area contributed by atoms with Crippen LogP contribution in [0, 0.1) is 0 Å². The summed E-state index contributed by atoms with van der Waals surface area (Å²) in [5.41, 5.74) is -1.77. The van der Waals surface area contributed by atoms with Crippen LogP contribution < -0.4 is 10.0 Å². The van der Waals surface area contributed by atoms with Crippen molar-refractivity contribution in [3.05, 3.63) is 40.1 Å². The standard InChI is InChI=1S/C20H27ClN2O6S/c1-10(2)13-7-12(21)8-14(11(3)4)16(13)22-19(25)23-30(27,28)18-17(24)15(9-29-18)20(5,6)26/h7-11,18,26H,1-6H3,(H2,22,23,25). The van der Waals surface area contributed by atoms with Crippen LogP contribution in [-0.2, 0) is 19.6 Å². The average Bonchev–Trinajstić information content (AvgIpc) is 2.97. The maximum absolute atomic E-state index is 12.6. The van der Waals surface area contributed by atoms with E-state index in [1.165, 1.54) is 13.8 Å². The van der Waals surface area contributed by atoms with Gasteiger partial charge < -0.3 is 15.2 Å². The topological polar surface area (TPSA) is 122 Å². The van der Waals surface area contributed by atoms with Gasteiger partial charge in [0.05, 0.1) is 17.4 Å². The van der Waals surface area contributed by atoms with Crippen LogP contribution in [0.5, 0.6) is 0 Å². The molecular formula is C20H27ClN2O6S. The molecule has 0 saturated heterocycles. The highest BCUT2D eigenvalue weighted by Gasteiger charge is 2.45. The molecule has 2 rings (SSSR count). The van der Waals surface area contributed by atoms with E-state index < -0.39 is 32.9 Å². The number of hydrogen-bond donors (Lipinski definition) is 3. The second-order valence-electron chi connectivity index (χ2n) is 8.29. The van der Waals surface area contributed by atoms with Gasteiger partial charge in [0.25, 0.3) is 15.5 Å². The molecule has 8 nitrogen and oxygen atoms in total. The zero-order valence-corrected chi connectivity index (χ0v) is 19.3. The van der Waals surface area contributed by atoms with Gasteiger partial charge >= 0.3 is 6.03 Å². The maximum atomic E-state index is 12.6. The van der Waals surface area contributed by atoms with Crippen molar-refractivity contribution in [2.75, 3.05) is 5.32 Å². The van der Waals surface area contributed by atoms with Crippen molar-refractivity contribution in [1.29, 1.82) is 0 Å². The summed E-state index contributed by atoms with van der Waals surface area (Å²) in [6.45, 7) is 10.3. The second kappa shape index (κ2) is 8.56. The van der Waals surface area contributed by atoms with Crippen LogP contribution >= 0.6 is 11.6 Å². The largest absolute Gasteiger partial charge is 0.471 e. The number of anilines is 1. The van der Waals surface area contributed by atoms with E-state index in [9.17, 15) is 23.1 Å². The van der Waals surface area contributed by atoms with E-state index >= 15 is 0 Å². The Labute approximate surface area is 181 Å². The molecule has 1 heterocycles. The minimum absolute atomic E-state index is 0.00592. The van der Waals surface area contributed by atoms with Crippen LogP contribution in [0.15, 0.2) is 24.0 Å². The van der Waals surface area contributed by atoms with E-state index in [1.54, 1.807) is 12.1 Å². The van der Waals surface area contributed by atoms with Gasteiger partial charge in [-0.2, -0.15) is 0 Å². The van der Waals surface area contributed by atoms with Gasteiger partial charge in [-0.05, 0) is 48.9 Å². The van der Waals surface area contributed by atoms with Crippen LogP contribution in [0.3, 0.4) is 0 Å². The number of nitrogens with one attached hydrogen (secondary N) is 2. The van der Waals surface area contributed by atoms with Crippen molar-refractivity contribution < 1.29 is 27.9 Å². The number of ketones is 1. The van der Waals surface area contributed by atoms with E-state index in [1.807, 2.05) is 32.4 Å². The van der Waals surface area contributed by atoms with Crippen LogP contribution in [0.2, 0.25) is 5.02 Å². The summed E-state index contributed by atoms with van der Waals surface area (Å²) < 4.78 is 31.9. The van der Waals surface area contributed by atoms with Crippen molar-refractivity contribution >= 4 is 39.1 Å². The Kier molecular flexibility index (Phi) is 6.90. The van der Waals surface area contributed by atoms with Crippen molar-refractivity contribution in [2.45, 2.75) is 64.4 Å². The Balaban J connectivity index is 2.27. The molecule has 1 aromatic carbocycles. The molecule has 0 spiro atoms. The Morgan fingerprint density at radius 1 is 1.17 bits per heavy atom. The fourth-order valence-corrected chi connectivity index (χ4v) is 4.33. The lowest BCUT2D eigenvalue weighted by Gasteiger charge is -2.21. The fraction of sp³-hybridized carbons (Fsp3) is 0.500. The Bertz CT molecular complexity index is 964. The summed E-state index contributed by atoms with van der Waals surface area (Å²) in [6.07, 6.45) is 0.900. The van der Waals surface area contributed by atoms with Gasteiger partial charge in [0.1, 0.15) is 0 Å². The number of benzene rings is 1. The predicted molar refractivity (Wildman–Crippen MR) is 115 cm³/mol. The van der Waals surface area contributed by atoms with E-state index in [0.29, 0.717) is 10.7 Å². The SMILES string of the molecule is CC(C)c1cc(Cl)cc(C(C)C)c1NC(=O)NS(=O)(=O)C1OC=C(C(C)(C)O)C1=O. The van der Waals surface area contributed by atoms with Crippen molar-refractivity contribution in [1.82, 2.24) is 4.72 Å². The Morgan fingerprint density at radius 3 is 2.07 bits per heavy atom. The number of ether oxygens (including phenoxy) is 1. The van der Waals surface area contributed by atoms with Crippen molar-refractivity contribution in [2.24, 2.45) is 0 Å². The van der Waals surface area contributed by atoms with Gasteiger partial charge in [-0.3, -0.25) is 4.79 Å². The molecule has 0 fully saturated rings. The number of carbonyl (C=O) groups is 2. The zero-order chi connectivity index (χ0) is 23.0. The van der Waals surface area contributed by atoms with Crippen molar-refractivity contribution in [3.8, 4) is 0 Å². The molecule has 1 aromatic rings. The summed E-state index contributed by atoms with van der Waals surface area (Å²) in [5.74, 6) is -0.919. The third kappa shape index (κ3) is 5.14. The minimum atomic E-state index is -4.52. The van der Waals surface area contributed by atoms with E-state index in [0.717, 1.165) is 17.4 Å². The van der Waals surface area contributed by atoms with Crippen molar-refractivity contribution in [3.63, 3.8) is 0 Å². The molecule has 166 valence electrons. The third-order valence-electron chi connectivity index (χ3n) is 4.61. The quantitative estimate of drug-likeness (QED) is 0.598. The Hall–Kier alpha value is -2.10. The summed E-state index contributed by atoms with van der Waals surface area (Å²) in [4.78, 5) is 24.9. The molecule has 1 aliphatic rings. The monoisotopic (exact) mass is 458 g/mol. The first-order valence-corrected chi connectivity index (χ1v) is 11.4. The first kappa shape index (κ1) is 24.2. The summed E-state index contributed by atoms with van der Waals surface area (Å²) in [5, 5.41) is 13.1. The highest BCUT2D eigenvalue weighted by atomic mass is 35.5. The van der Waals surface area contributed by atoms with Crippen LogP contribution in [0.25, 0.3) is 0 Å². The van der Waals surface area contributed by atoms with E-state index in [-0.39, 0.29) is 17.4 Å². The number of amides is 2. The molecule has 3 N–H and O–H groups in total. The van der Waals surface area contributed by atoms with Crippen LogP contribution in [0.1, 0.15) is 64.5 Å². The fourth-order valence-electron chi connectivity index (χ4n) is 3.06. The first-order valence-electron chi connectivity index (χ1n) is 9.43. The third-order valence-corrected chi connectivity index (χ3v) is 6.19. The molecule has 1 atom stereocenters. The van der Waals surface area contributed by atoms with Gasteiger partial charge in [-0.25, -0.2) is 17.9 Å². The van der Waals surface area contributed by atoms with E-state index in [2.05, 4.69) is 5.32 Å². The smallest absolute Gasteiger partial charge is 0.332 e. The number of rotatable bonds is 6. The lowest BCUT2D eigenvalue weighted by atomic mass is 9.92. The summed E-state index contributed by atoms with van der Waals surface area (Å²) in [6, 6.07) is 2.39. The molecule has 1 aliphatic heterocycles. The highest BCUT2D eigenvalue weighted by Crippen LogP contribution is 2.35.